The smallest absolute Gasteiger partial charge is 0.303 e. The number of hydrogen-bond acceptors (Lipinski definition) is 3. The highest BCUT2D eigenvalue weighted by atomic mass is 19.1. The van der Waals surface area contributed by atoms with Gasteiger partial charge in [-0.05, 0) is 18.6 Å². The number of hydrogen-bond donors (Lipinski definition) is 2. The minimum Gasteiger partial charge on any atom is -0.481 e. The van der Waals surface area contributed by atoms with Crippen molar-refractivity contribution in [1.82, 2.24) is 5.32 Å². The number of aliphatic carboxylic acids is 1. The van der Waals surface area contributed by atoms with Gasteiger partial charge in [-0.15, -0.1) is 0 Å². The highest BCUT2D eigenvalue weighted by Gasteiger charge is 2.34. The molecule has 1 aliphatic heterocycles. The summed E-state index contributed by atoms with van der Waals surface area (Å²) >= 11 is 0. The predicted molar refractivity (Wildman–Crippen MR) is 72.2 cm³/mol. The lowest BCUT2D eigenvalue weighted by atomic mass is 10.2. The van der Waals surface area contributed by atoms with Gasteiger partial charge in [0, 0.05) is 13.0 Å². The third-order valence-electron chi connectivity index (χ3n) is 3.25. The number of rotatable bonds is 5. The van der Waals surface area contributed by atoms with Crippen LogP contribution < -0.4 is 10.2 Å². The maximum absolute atomic E-state index is 13.7. The van der Waals surface area contributed by atoms with Gasteiger partial charge in [-0.1, -0.05) is 12.1 Å². The molecule has 1 aliphatic rings. The highest BCUT2D eigenvalue weighted by Crippen LogP contribution is 2.24. The van der Waals surface area contributed by atoms with Gasteiger partial charge in [-0.2, -0.15) is 0 Å². The Labute approximate surface area is 120 Å². The quantitative estimate of drug-likeness (QED) is 0.845. The monoisotopic (exact) mass is 294 g/mol. The van der Waals surface area contributed by atoms with Crippen molar-refractivity contribution in [2.24, 2.45) is 0 Å². The van der Waals surface area contributed by atoms with Crippen LogP contribution in [0.4, 0.5) is 10.1 Å². The van der Waals surface area contributed by atoms with Gasteiger partial charge in [0.2, 0.25) is 11.8 Å². The van der Waals surface area contributed by atoms with E-state index in [1.165, 1.54) is 23.1 Å². The van der Waals surface area contributed by atoms with Gasteiger partial charge < -0.3 is 15.3 Å². The maximum atomic E-state index is 13.7. The maximum Gasteiger partial charge on any atom is 0.303 e. The van der Waals surface area contributed by atoms with E-state index in [0.29, 0.717) is 13.0 Å². The van der Waals surface area contributed by atoms with Gasteiger partial charge in [-0.25, -0.2) is 4.39 Å². The van der Waals surface area contributed by atoms with Crippen molar-refractivity contribution in [3.63, 3.8) is 0 Å². The predicted octanol–water partition coefficient (Wildman–Crippen LogP) is 0.912. The fourth-order valence-corrected chi connectivity index (χ4v) is 2.21. The second kappa shape index (κ2) is 6.34. The van der Waals surface area contributed by atoms with E-state index in [-0.39, 0.29) is 24.4 Å². The van der Waals surface area contributed by atoms with E-state index in [2.05, 4.69) is 5.32 Å². The molecule has 0 aromatic heterocycles. The zero-order valence-corrected chi connectivity index (χ0v) is 11.2. The van der Waals surface area contributed by atoms with Crippen LogP contribution in [0.5, 0.6) is 0 Å². The van der Waals surface area contributed by atoms with Gasteiger partial charge in [0.1, 0.15) is 11.9 Å². The number of carbonyl (C=O) groups is 3. The molecule has 1 atom stereocenters. The first-order valence-corrected chi connectivity index (χ1v) is 6.56. The van der Waals surface area contributed by atoms with Crippen molar-refractivity contribution in [3.8, 4) is 0 Å². The Morgan fingerprint density at radius 1 is 1.33 bits per heavy atom. The molecule has 0 bridgehead atoms. The molecule has 0 radical (unpaired) electrons. The zero-order chi connectivity index (χ0) is 15.4. The summed E-state index contributed by atoms with van der Waals surface area (Å²) in [5.41, 5.74) is 0.185. The largest absolute Gasteiger partial charge is 0.481 e. The Hall–Kier alpha value is -2.44. The number of nitrogens with zero attached hydrogens (tertiary/aromatic N) is 1. The lowest BCUT2D eigenvalue weighted by Crippen LogP contribution is -2.41. The van der Waals surface area contributed by atoms with Crippen molar-refractivity contribution in [1.29, 1.82) is 0 Å². The number of carbonyl (C=O) groups excluding carboxylic acids is 2. The zero-order valence-electron chi connectivity index (χ0n) is 11.2. The molecule has 0 aliphatic carbocycles. The van der Waals surface area contributed by atoms with Crippen LogP contribution in [0.3, 0.4) is 0 Å². The van der Waals surface area contributed by atoms with Crippen LogP contribution >= 0.6 is 0 Å². The van der Waals surface area contributed by atoms with E-state index in [1.54, 1.807) is 6.07 Å². The van der Waals surface area contributed by atoms with Crippen LogP contribution in [-0.4, -0.2) is 35.5 Å². The number of anilines is 1. The summed E-state index contributed by atoms with van der Waals surface area (Å²) in [7, 11) is 0. The van der Waals surface area contributed by atoms with Crippen LogP contribution in [0, 0.1) is 5.82 Å². The number of carboxylic acid groups (broad SMARTS) is 1. The molecule has 6 nitrogen and oxygen atoms in total. The summed E-state index contributed by atoms with van der Waals surface area (Å²) in [5.74, 6) is -2.45. The van der Waals surface area contributed by atoms with Crippen molar-refractivity contribution >= 4 is 23.5 Å². The number of carboxylic acids is 1. The first-order valence-electron chi connectivity index (χ1n) is 6.56. The molecule has 1 saturated heterocycles. The third kappa shape index (κ3) is 3.56. The van der Waals surface area contributed by atoms with E-state index in [4.69, 9.17) is 5.11 Å². The molecule has 21 heavy (non-hydrogen) atoms. The topological polar surface area (TPSA) is 86.7 Å². The Kier molecular flexibility index (Phi) is 4.52. The van der Waals surface area contributed by atoms with Crippen LogP contribution in [0.1, 0.15) is 19.3 Å². The van der Waals surface area contributed by atoms with Crippen molar-refractivity contribution in [2.45, 2.75) is 25.3 Å². The van der Waals surface area contributed by atoms with Crippen molar-refractivity contribution in [2.75, 3.05) is 11.4 Å². The molecular weight excluding hydrogens is 279 g/mol. The molecule has 2 N–H and O–H groups in total. The highest BCUT2D eigenvalue weighted by molar-refractivity contribution is 6.01. The summed E-state index contributed by atoms with van der Waals surface area (Å²) in [6, 6.07) is 5.20. The average molecular weight is 294 g/mol. The number of benzene rings is 1. The van der Waals surface area contributed by atoms with Gasteiger partial charge in [0.25, 0.3) is 0 Å². The van der Waals surface area contributed by atoms with Gasteiger partial charge in [-0.3, -0.25) is 14.4 Å². The minimum absolute atomic E-state index is 0.182. The second-order valence-electron chi connectivity index (χ2n) is 4.74. The summed E-state index contributed by atoms with van der Waals surface area (Å²) in [5, 5.41) is 11.0. The first kappa shape index (κ1) is 15.0. The number of para-hydroxylation sites is 1. The van der Waals surface area contributed by atoms with E-state index in [1.807, 2.05) is 0 Å². The molecule has 0 spiro atoms. The normalized spacial score (nSPS) is 17.9. The first-order chi connectivity index (χ1) is 9.99. The van der Waals surface area contributed by atoms with E-state index in [0.717, 1.165) is 0 Å². The summed E-state index contributed by atoms with van der Waals surface area (Å²) in [6.07, 6.45) is -0.103. The number of nitrogens with one attached hydrogen (secondary N) is 1. The second-order valence-corrected chi connectivity index (χ2v) is 4.74. The number of amides is 2. The molecule has 1 unspecified atom stereocenters. The van der Waals surface area contributed by atoms with Crippen LogP contribution in [0.2, 0.25) is 0 Å². The van der Waals surface area contributed by atoms with Gasteiger partial charge in [0.05, 0.1) is 12.1 Å². The summed E-state index contributed by atoms with van der Waals surface area (Å²) in [4.78, 5) is 35.4. The van der Waals surface area contributed by atoms with Gasteiger partial charge >= 0.3 is 5.97 Å². The Morgan fingerprint density at radius 2 is 2.05 bits per heavy atom. The molecule has 1 heterocycles. The lowest BCUT2D eigenvalue weighted by Gasteiger charge is -2.17. The van der Waals surface area contributed by atoms with Crippen LogP contribution in [0.15, 0.2) is 24.3 Å². The lowest BCUT2D eigenvalue weighted by molar-refractivity contribution is -0.139. The minimum atomic E-state index is -1.07. The standard InChI is InChI=1S/C14H15FN2O4/c15-9-3-1-2-4-11(9)17-8-7-10(14(17)21)16-12(18)5-6-13(19)20/h1-4,10H,5-8H2,(H,16,18)(H,19,20). The molecule has 1 aromatic carbocycles. The Morgan fingerprint density at radius 3 is 2.71 bits per heavy atom. The molecule has 0 saturated carbocycles. The molecule has 112 valence electrons. The molecule has 2 rings (SSSR count). The van der Waals surface area contributed by atoms with Crippen molar-refractivity contribution < 1.29 is 23.9 Å². The molecule has 2 amide bonds. The van der Waals surface area contributed by atoms with E-state index < -0.39 is 23.7 Å². The van der Waals surface area contributed by atoms with E-state index in [9.17, 15) is 18.8 Å². The SMILES string of the molecule is O=C(O)CCC(=O)NC1CCN(c2ccccc2F)C1=O. The number of halogens is 1. The van der Waals surface area contributed by atoms with Gasteiger partial charge in [0.15, 0.2) is 0 Å². The van der Waals surface area contributed by atoms with Crippen LogP contribution in [0.25, 0.3) is 0 Å². The summed E-state index contributed by atoms with van der Waals surface area (Å²) in [6.45, 7) is 0.309. The molecule has 7 heteroatoms. The van der Waals surface area contributed by atoms with Crippen LogP contribution in [-0.2, 0) is 14.4 Å². The van der Waals surface area contributed by atoms with Crippen molar-refractivity contribution in [3.05, 3.63) is 30.1 Å². The molecular formula is C14H15FN2O4. The fraction of sp³-hybridized carbons (Fsp3) is 0.357. The Balaban J connectivity index is 1.97. The molecule has 1 fully saturated rings. The molecule has 1 aromatic rings. The van der Waals surface area contributed by atoms with E-state index >= 15 is 0 Å². The Bertz CT molecular complexity index is 576. The fourth-order valence-electron chi connectivity index (χ4n) is 2.21. The average Bonchev–Trinajstić information content (AvgIpc) is 2.79. The summed E-state index contributed by atoms with van der Waals surface area (Å²) < 4.78 is 13.7. The third-order valence-corrected chi connectivity index (χ3v) is 3.25.